The van der Waals surface area contributed by atoms with Crippen LogP contribution in [0.5, 0.6) is 0 Å². The summed E-state index contributed by atoms with van der Waals surface area (Å²) in [5.74, 6) is 0.490. The highest BCUT2D eigenvalue weighted by Crippen LogP contribution is 2.25. The molecule has 1 aromatic carbocycles. The molecule has 0 spiro atoms. The second kappa shape index (κ2) is 4.71. The summed E-state index contributed by atoms with van der Waals surface area (Å²) in [5, 5.41) is 2.96. The fourth-order valence-corrected chi connectivity index (χ4v) is 2.84. The van der Waals surface area contributed by atoms with E-state index in [-0.39, 0.29) is 5.82 Å². The predicted molar refractivity (Wildman–Crippen MR) is 74.5 cm³/mol. The van der Waals surface area contributed by atoms with Gasteiger partial charge in [-0.15, -0.1) is 11.3 Å². The maximum Gasteiger partial charge on any atom is 0.160 e. The van der Waals surface area contributed by atoms with E-state index in [0.717, 1.165) is 34.0 Å². The fraction of sp³-hybridized carbons (Fsp3) is 0.231. The quantitative estimate of drug-likeness (QED) is 0.799. The molecule has 0 aliphatic heterocycles. The number of rotatable bonds is 3. The van der Waals surface area contributed by atoms with Crippen molar-refractivity contribution in [1.29, 1.82) is 0 Å². The Hall–Kier alpha value is -1.79. The second-order valence-corrected chi connectivity index (χ2v) is 5.24. The highest BCUT2D eigenvalue weighted by Gasteiger charge is 2.13. The van der Waals surface area contributed by atoms with Crippen molar-refractivity contribution in [3.63, 3.8) is 0 Å². The third kappa shape index (κ3) is 2.13. The number of nitrogens with two attached hydrogens (primary N) is 1. The van der Waals surface area contributed by atoms with Crippen LogP contribution in [-0.4, -0.2) is 21.1 Å². The molecule has 0 saturated heterocycles. The number of hydrogen-bond donors (Lipinski definition) is 1. The van der Waals surface area contributed by atoms with E-state index in [1.807, 2.05) is 17.0 Å². The fourth-order valence-electron chi connectivity index (χ4n) is 2.04. The number of benzene rings is 1. The summed E-state index contributed by atoms with van der Waals surface area (Å²) >= 11 is 1.57. The van der Waals surface area contributed by atoms with Crippen molar-refractivity contribution in [2.24, 2.45) is 12.8 Å². The van der Waals surface area contributed by atoms with E-state index < -0.39 is 0 Å². The van der Waals surface area contributed by atoms with Gasteiger partial charge in [0, 0.05) is 18.8 Å². The van der Waals surface area contributed by atoms with Gasteiger partial charge in [-0.1, -0.05) is 0 Å². The first-order valence-electron chi connectivity index (χ1n) is 5.96. The zero-order valence-electron chi connectivity index (χ0n) is 10.4. The highest BCUT2D eigenvalue weighted by atomic mass is 32.1. The Bertz CT molecular complexity index is 731. The standard InChI is InChI=1S/C13H13FN4S/c1-18-11-6-8(14)2-3-9(11)17-13(18)10-7-19-12(16-10)4-5-15/h2-3,6-7H,4-5,15H2,1H3. The Morgan fingerprint density at radius 3 is 3.00 bits per heavy atom. The Morgan fingerprint density at radius 1 is 1.37 bits per heavy atom. The molecule has 3 aromatic rings. The Labute approximate surface area is 113 Å². The second-order valence-electron chi connectivity index (χ2n) is 4.29. The smallest absolute Gasteiger partial charge is 0.160 e. The zero-order chi connectivity index (χ0) is 13.4. The van der Waals surface area contributed by atoms with Gasteiger partial charge in [0.05, 0.1) is 16.0 Å². The van der Waals surface area contributed by atoms with E-state index in [1.54, 1.807) is 17.4 Å². The highest BCUT2D eigenvalue weighted by molar-refractivity contribution is 7.09. The van der Waals surface area contributed by atoms with Crippen molar-refractivity contribution in [3.05, 3.63) is 34.4 Å². The number of hydrogen-bond acceptors (Lipinski definition) is 4. The SMILES string of the molecule is Cn1c(-c2csc(CCN)n2)nc2ccc(F)cc21. The Kier molecular flexibility index (Phi) is 3.04. The van der Waals surface area contributed by atoms with Crippen LogP contribution in [0.1, 0.15) is 5.01 Å². The van der Waals surface area contributed by atoms with Crippen LogP contribution >= 0.6 is 11.3 Å². The third-order valence-electron chi connectivity index (χ3n) is 2.98. The predicted octanol–water partition coefficient (Wildman–Crippen LogP) is 2.34. The molecule has 3 rings (SSSR count). The van der Waals surface area contributed by atoms with Crippen molar-refractivity contribution in [3.8, 4) is 11.5 Å². The van der Waals surface area contributed by atoms with Gasteiger partial charge in [0.25, 0.3) is 0 Å². The number of thiazole rings is 1. The van der Waals surface area contributed by atoms with Gasteiger partial charge in [0.2, 0.25) is 0 Å². The van der Waals surface area contributed by atoms with E-state index in [4.69, 9.17) is 5.73 Å². The van der Waals surface area contributed by atoms with E-state index in [2.05, 4.69) is 9.97 Å². The number of imidazole rings is 1. The van der Waals surface area contributed by atoms with Gasteiger partial charge in [-0.05, 0) is 24.7 Å². The Balaban J connectivity index is 2.11. The van der Waals surface area contributed by atoms with Gasteiger partial charge < -0.3 is 10.3 Å². The molecule has 2 N–H and O–H groups in total. The summed E-state index contributed by atoms with van der Waals surface area (Å²) in [6.45, 7) is 0.584. The molecule has 19 heavy (non-hydrogen) atoms. The van der Waals surface area contributed by atoms with Gasteiger partial charge in [-0.2, -0.15) is 0 Å². The topological polar surface area (TPSA) is 56.7 Å². The number of fused-ring (bicyclic) bond motifs is 1. The summed E-state index contributed by atoms with van der Waals surface area (Å²) in [6, 6.07) is 4.58. The minimum absolute atomic E-state index is 0.260. The van der Waals surface area contributed by atoms with Crippen LogP contribution in [-0.2, 0) is 13.5 Å². The first kappa shape index (κ1) is 12.3. The molecule has 0 radical (unpaired) electrons. The van der Waals surface area contributed by atoms with Gasteiger partial charge in [-0.3, -0.25) is 0 Å². The molecule has 0 unspecified atom stereocenters. The van der Waals surface area contributed by atoms with E-state index in [1.165, 1.54) is 12.1 Å². The van der Waals surface area contributed by atoms with Crippen molar-refractivity contribution in [2.75, 3.05) is 6.54 Å². The lowest BCUT2D eigenvalue weighted by atomic mass is 10.3. The van der Waals surface area contributed by atoms with Crippen LogP contribution in [0.2, 0.25) is 0 Å². The number of aryl methyl sites for hydroxylation is 1. The van der Waals surface area contributed by atoms with Crippen LogP contribution in [0.3, 0.4) is 0 Å². The minimum atomic E-state index is -0.260. The molecular weight excluding hydrogens is 263 g/mol. The molecule has 0 saturated carbocycles. The molecule has 0 amide bonds. The van der Waals surface area contributed by atoms with Gasteiger partial charge in [-0.25, -0.2) is 14.4 Å². The molecule has 2 aromatic heterocycles. The van der Waals surface area contributed by atoms with Gasteiger partial charge >= 0.3 is 0 Å². The van der Waals surface area contributed by atoms with E-state index >= 15 is 0 Å². The lowest BCUT2D eigenvalue weighted by molar-refractivity contribution is 0.629. The summed E-state index contributed by atoms with van der Waals surface area (Å²) in [5.41, 5.74) is 7.87. The van der Waals surface area contributed by atoms with Crippen molar-refractivity contribution >= 4 is 22.4 Å². The molecule has 6 heteroatoms. The number of aromatic nitrogens is 3. The molecule has 0 bridgehead atoms. The molecule has 0 aliphatic rings. The molecule has 0 fully saturated rings. The monoisotopic (exact) mass is 276 g/mol. The normalized spacial score (nSPS) is 11.3. The van der Waals surface area contributed by atoms with E-state index in [0.29, 0.717) is 6.54 Å². The van der Waals surface area contributed by atoms with Crippen LogP contribution in [0.4, 0.5) is 4.39 Å². The average Bonchev–Trinajstić information content (AvgIpc) is 2.96. The van der Waals surface area contributed by atoms with Crippen LogP contribution in [0.25, 0.3) is 22.6 Å². The average molecular weight is 276 g/mol. The number of halogens is 1. The van der Waals surface area contributed by atoms with Crippen LogP contribution in [0.15, 0.2) is 23.6 Å². The van der Waals surface area contributed by atoms with Gasteiger partial charge in [0.1, 0.15) is 11.5 Å². The van der Waals surface area contributed by atoms with Crippen molar-refractivity contribution in [2.45, 2.75) is 6.42 Å². The lowest BCUT2D eigenvalue weighted by Crippen LogP contribution is -2.02. The van der Waals surface area contributed by atoms with Crippen molar-refractivity contribution in [1.82, 2.24) is 14.5 Å². The molecule has 0 aliphatic carbocycles. The Morgan fingerprint density at radius 2 is 2.21 bits per heavy atom. The summed E-state index contributed by atoms with van der Waals surface area (Å²) in [7, 11) is 1.87. The first-order chi connectivity index (χ1) is 9.19. The number of nitrogens with zero attached hydrogens (tertiary/aromatic N) is 3. The third-order valence-corrected chi connectivity index (χ3v) is 3.89. The molecule has 2 heterocycles. The summed E-state index contributed by atoms with van der Waals surface area (Å²) < 4.78 is 15.1. The van der Waals surface area contributed by atoms with Crippen LogP contribution in [0, 0.1) is 5.82 Å². The molecule has 98 valence electrons. The molecule has 0 atom stereocenters. The lowest BCUT2D eigenvalue weighted by Gasteiger charge is -1.98. The zero-order valence-corrected chi connectivity index (χ0v) is 11.2. The molecular formula is C13H13FN4S. The van der Waals surface area contributed by atoms with Crippen LogP contribution < -0.4 is 5.73 Å². The molecule has 4 nitrogen and oxygen atoms in total. The van der Waals surface area contributed by atoms with E-state index in [9.17, 15) is 4.39 Å². The minimum Gasteiger partial charge on any atom is -0.330 e. The van der Waals surface area contributed by atoms with Gasteiger partial charge in [0.15, 0.2) is 5.82 Å². The largest absolute Gasteiger partial charge is 0.330 e. The van der Waals surface area contributed by atoms with Crippen molar-refractivity contribution < 1.29 is 4.39 Å². The summed E-state index contributed by atoms with van der Waals surface area (Å²) in [4.78, 5) is 9.02. The maximum atomic E-state index is 13.3. The summed E-state index contributed by atoms with van der Waals surface area (Å²) in [6.07, 6.45) is 0.767. The maximum absolute atomic E-state index is 13.3. The first-order valence-corrected chi connectivity index (χ1v) is 6.84.